The van der Waals surface area contributed by atoms with E-state index < -0.39 is 0 Å². The Bertz CT molecular complexity index is 235. The van der Waals surface area contributed by atoms with Crippen molar-refractivity contribution in [3.63, 3.8) is 0 Å². The van der Waals surface area contributed by atoms with Gasteiger partial charge in [0, 0.05) is 31.6 Å². The fourth-order valence-electron chi connectivity index (χ4n) is 2.33. The maximum absolute atomic E-state index is 11.8. The molecule has 106 valence electrons. The number of hydrogen-bond acceptors (Lipinski definition) is 3. The minimum atomic E-state index is 0.218. The Kier molecular flexibility index (Phi) is 7.28. The molecule has 1 amide bonds. The quantitative estimate of drug-likeness (QED) is 0.675. The summed E-state index contributed by atoms with van der Waals surface area (Å²) in [6, 6.07) is 0.907. The zero-order chi connectivity index (χ0) is 13.4. The Morgan fingerprint density at radius 2 is 2.00 bits per heavy atom. The van der Waals surface area contributed by atoms with Gasteiger partial charge in [0.05, 0.1) is 0 Å². The summed E-state index contributed by atoms with van der Waals surface area (Å²) in [7, 11) is 0. The minimum absolute atomic E-state index is 0.218. The number of likely N-dealkylation sites (tertiary alicyclic amines) is 1. The highest BCUT2D eigenvalue weighted by Crippen LogP contribution is 2.09. The van der Waals surface area contributed by atoms with E-state index in [-0.39, 0.29) is 5.91 Å². The van der Waals surface area contributed by atoms with E-state index >= 15 is 0 Å². The SMILES string of the molecule is CCN1CCC(NC(=O)CCCNC(C)C)CC1. The van der Waals surface area contributed by atoms with Crippen molar-refractivity contribution in [3.05, 3.63) is 0 Å². The zero-order valence-electron chi connectivity index (χ0n) is 12.2. The lowest BCUT2D eigenvalue weighted by molar-refractivity contribution is -0.122. The van der Waals surface area contributed by atoms with Crippen LogP contribution in [0.15, 0.2) is 0 Å². The molecular formula is C14H29N3O. The molecule has 4 heteroatoms. The number of carbonyl (C=O) groups excluding carboxylic acids is 1. The first-order valence-electron chi connectivity index (χ1n) is 7.37. The molecule has 0 saturated carbocycles. The lowest BCUT2D eigenvalue weighted by Crippen LogP contribution is -2.44. The summed E-state index contributed by atoms with van der Waals surface area (Å²) in [4.78, 5) is 14.2. The lowest BCUT2D eigenvalue weighted by atomic mass is 10.0. The minimum Gasteiger partial charge on any atom is -0.353 e. The molecule has 1 saturated heterocycles. The van der Waals surface area contributed by atoms with Gasteiger partial charge in [0.15, 0.2) is 0 Å². The van der Waals surface area contributed by atoms with E-state index in [0.717, 1.165) is 45.4 Å². The molecule has 2 N–H and O–H groups in total. The van der Waals surface area contributed by atoms with Crippen molar-refractivity contribution in [3.8, 4) is 0 Å². The average molecular weight is 255 g/mol. The second-order valence-corrected chi connectivity index (χ2v) is 5.49. The Balaban J connectivity index is 2.06. The monoisotopic (exact) mass is 255 g/mol. The third kappa shape index (κ3) is 6.36. The molecular weight excluding hydrogens is 226 g/mol. The van der Waals surface area contributed by atoms with Crippen LogP contribution in [0.3, 0.4) is 0 Å². The number of amides is 1. The Hall–Kier alpha value is -0.610. The highest BCUT2D eigenvalue weighted by molar-refractivity contribution is 5.76. The summed E-state index contributed by atoms with van der Waals surface area (Å²) in [5.41, 5.74) is 0. The van der Waals surface area contributed by atoms with Gasteiger partial charge in [-0.25, -0.2) is 0 Å². The van der Waals surface area contributed by atoms with E-state index in [2.05, 4.69) is 36.3 Å². The number of rotatable bonds is 7. The van der Waals surface area contributed by atoms with E-state index in [0.29, 0.717) is 18.5 Å². The lowest BCUT2D eigenvalue weighted by Gasteiger charge is -2.31. The van der Waals surface area contributed by atoms with Crippen LogP contribution in [0, 0.1) is 0 Å². The van der Waals surface area contributed by atoms with Crippen LogP contribution in [0.2, 0.25) is 0 Å². The molecule has 0 aromatic carbocycles. The molecule has 18 heavy (non-hydrogen) atoms. The van der Waals surface area contributed by atoms with Gasteiger partial charge in [0.1, 0.15) is 0 Å². The van der Waals surface area contributed by atoms with Gasteiger partial charge in [-0.3, -0.25) is 4.79 Å². The van der Waals surface area contributed by atoms with Crippen molar-refractivity contribution < 1.29 is 4.79 Å². The maximum atomic E-state index is 11.8. The number of piperidine rings is 1. The first-order chi connectivity index (χ1) is 8.61. The molecule has 1 aliphatic heterocycles. The third-order valence-electron chi connectivity index (χ3n) is 3.53. The van der Waals surface area contributed by atoms with Gasteiger partial charge in [-0.05, 0) is 32.4 Å². The number of carbonyl (C=O) groups is 1. The molecule has 0 atom stereocenters. The fourth-order valence-corrected chi connectivity index (χ4v) is 2.33. The van der Waals surface area contributed by atoms with Crippen LogP contribution in [-0.2, 0) is 4.79 Å². The van der Waals surface area contributed by atoms with Crippen LogP contribution >= 0.6 is 0 Å². The van der Waals surface area contributed by atoms with Gasteiger partial charge in [-0.2, -0.15) is 0 Å². The normalized spacial score (nSPS) is 18.2. The van der Waals surface area contributed by atoms with E-state index in [1.807, 2.05) is 0 Å². The summed E-state index contributed by atoms with van der Waals surface area (Å²) in [5, 5.41) is 6.49. The first kappa shape index (κ1) is 15.4. The van der Waals surface area contributed by atoms with Gasteiger partial charge < -0.3 is 15.5 Å². The highest BCUT2D eigenvalue weighted by atomic mass is 16.1. The van der Waals surface area contributed by atoms with Crippen molar-refractivity contribution in [1.29, 1.82) is 0 Å². The van der Waals surface area contributed by atoms with Gasteiger partial charge in [-0.15, -0.1) is 0 Å². The Labute approximate surface area is 111 Å². The molecule has 1 rings (SSSR count). The molecule has 0 bridgehead atoms. The topological polar surface area (TPSA) is 44.4 Å². The summed E-state index contributed by atoms with van der Waals surface area (Å²) in [6.45, 7) is 10.7. The first-order valence-corrected chi connectivity index (χ1v) is 7.37. The molecule has 0 spiro atoms. The molecule has 1 fully saturated rings. The molecule has 0 aromatic rings. The van der Waals surface area contributed by atoms with Gasteiger partial charge in [0.2, 0.25) is 5.91 Å². The maximum Gasteiger partial charge on any atom is 0.220 e. The zero-order valence-corrected chi connectivity index (χ0v) is 12.2. The highest BCUT2D eigenvalue weighted by Gasteiger charge is 2.19. The van der Waals surface area contributed by atoms with Crippen LogP contribution in [0.4, 0.5) is 0 Å². The van der Waals surface area contributed by atoms with Gasteiger partial charge in [0.25, 0.3) is 0 Å². The van der Waals surface area contributed by atoms with Crippen molar-refractivity contribution in [2.24, 2.45) is 0 Å². The van der Waals surface area contributed by atoms with E-state index in [9.17, 15) is 4.79 Å². The van der Waals surface area contributed by atoms with Crippen LogP contribution in [-0.4, -0.2) is 49.1 Å². The van der Waals surface area contributed by atoms with E-state index in [1.54, 1.807) is 0 Å². The molecule has 0 unspecified atom stereocenters. The summed E-state index contributed by atoms with van der Waals surface area (Å²) < 4.78 is 0. The van der Waals surface area contributed by atoms with Crippen molar-refractivity contribution in [2.75, 3.05) is 26.2 Å². The number of nitrogens with one attached hydrogen (secondary N) is 2. The second kappa shape index (κ2) is 8.48. The Morgan fingerprint density at radius 3 is 2.56 bits per heavy atom. The van der Waals surface area contributed by atoms with Crippen LogP contribution in [0.5, 0.6) is 0 Å². The van der Waals surface area contributed by atoms with Gasteiger partial charge in [-0.1, -0.05) is 20.8 Å². The predicted octanol–water partition coefficient (Wildman–Crippen LogP) is 1.37. The standard InChI is InChI=1S/C14H29N3O/c1-4-17-10-7-13(8-11-17)16-14(18)6-5-9-15-12(2)3/h12-13,15H,4-11H2,1-3H3,(H,16,18). The summed E-state index contributed by atoms with van der Waals surface area (Å²) in [6.07, 6.45) is 3.78. The largest absolute Gasteiger partial charge is 0.353 e. The molecule has 0 radical (unpaired) electrons. The molecule has 0 aromatic heterocycles. The smallest absolute Gasteiger partial charge is 0.220 e. The number of nitrogens with zero attached hydrogens (tertiary/aromatic N) is 1. The van der Waals surface area contributed by atoms with Crippen LogP contribution in [0.25, 0.3) is 0 Å². The van der Waals surface area contributed by atoms with E-state index in [1.165, 1.54) is 0 Å². The van der Waals surface area contributed by atoms with Gasteiger partial charge >= 0.3 is 0 Å². The number of hydrogen-bond donors (Lipinski definition) is 2. The second-order valence-electron chi connectivity index (χ2n) is 5.49. The summed E-state index contributed by atoms with van der Waals surface area (Å²) >= 11 is 0. The van der Waals surface area contributed by atoms with Crippen LogP contribution < -0.4 is 10.6 Å². The Morgan fingerprint density at radius 1 is 1.33 bits per heavy atom. The molecule has 1 heterocycles. The van der Waals surface area contributed by atoms with Crippen molar-refractivity contribution in [1.82, 2.24) is 15.5 Å². The summed E-state index contributed by atoms with van der Waals surface area (Å²) in [5.74, 6) is 0.218. The molecule has 1 aliphatic rings. The van der Waals surface area contributed by atoms with Crippen molar-refractivity contribution >= 4 is 5.91 Å². The third-order valence-corrected chi connectivity index (χ3v) is 3.53. The molecule has 4 nitrogen and oxygen atoms in total. The van der Waals surface area contributed by atoms with Crippen LogP contribution in [0.1, 0.15) is 46.5 Å². The van der Waals surface area contributed by atoms with E-state index in [4.69, 9.17) is 0 Å². The average Bonchev–Trinajstić information content (AvgIpc) is 2.35. The van der Waals surface area contributed by atoms with Crippen molar-refractivity contribution in [2.45, 2.75) is 58.5 Å². The molecule has 0 aliphatic carbocycles. The predicted molar refractivity (Wildman–Crippen MR) is 75.7 cm³/mol. The fraction of sp³-hybridized carbons (Fsp3) is 0.929.